The number of rotatable bonds is 4. The van der Waals surface area contributed by atoms with Crippen LogP contribution >= 0.6 is 0 Å². The highest BCUT2D eigenvalue weighted by Crippen LogP contribution is 2.28. The van der Waals surface area contributed by atoms with Crippen LogP contribution in [0, 0.1) is 11.3 Å². The Labute approximate surface area is 114 Å². The molecule has 0 aliphatic rings. The van der Waals surface area contributed by atoms with Gasteiger partial charge in [-0.25, -0.2) is 0 Å². The van der Waals surface area contributed by atoms with E-state index in [1.165, 1.54) is 5.56 Å². The van der Waals surface area contributed by atoms with Gasteiger partial charge in [0, 0.05) is 0 Å². The van der Waals surface area contributed by atoms with E-state index in [2.05, 4.69) is 58.9 Å². The van der Waals surface area contributed by atoms with Crippen molar-refractivity contribution in [1.82, 2.24) is 0 Å². The predicted octanol–water partition coefficient (Wildman–Crippen LogP) is 5.30. The summed E-state index contributed by atoms with van der Waals surface area (Å²) in [4.78, 5) is 0. The first-order valence-corrected chi connectivity index (χ1v) is 7.07. The Bertz CT molecular complexity index is 295. The molecular formula is C17H30O. The molecule has 0 aromatic heterocycles. The highest BCUT2D eigenvalue weighted by atomic mass is 16.5. The second kappa shape index (κ2) is 8.31. The summed E-state index contributed by atoms with van der Waals surface area (Å²) >= 11 is 0. The summed E-state index contributed by atoms with van der Waals surface area (Å²) in [5, 5.41) is 0. The molecule has 0 amide bonds. The van der Waals surface area contributed by atoms with Gasteiger partial charge in [-0.05, 0) is 16.9 Å². The van der Waals surface area contributed by atoms with E-state index < -0.39 is 0 Å². The van der Waals surface area contributed by atoms with Gasteiger partial charge >= 0.3 is 0 Å². The van der Waals surface area contributed by atoms with Crippen LogP contribution in [0.15, 0.2) is 30.3 Å². The number of benzene rings is 1. The van der Waals surface area contributed by atoms with Crippen LogP contribution in [-0.4, -0.2) is 6.10 Å². The van der Waals surface area contributed by atoms with E-state index in [-0.39, 0.29) is 5.41 Å². The molecule has 0 saturated carbocycles. The van der Waals surface area contributed by atoms with Crippen LogP contribution in [-0.2, 0) is 11.3 Å². The van der Waals surface area contributed by atoms with E-state index in [0.29, 0.717) is 18.6 Å². The molecule has 1 atom stereocenters. The van der Waals surface area contributed by atoms with E-state index >= 15 is 0 Å². The lowest BCUT2D eigenvalue weighted by atomic mass is 9.82. The van der Waals surface area contributed by atoms with Crippen molar-refractivity contribution >= 4 is 0 Å². The van der Waals surface area contributed by atoms with E-state index in [1.807, 2.05) is 19.9 Å². The Morgan fingerprint density at radius 3 is 1.89 bits per heavy atom. The van der Waals surface area contributed by atoms with E-state index in [1.54, 1.807) is 0 Å². The van der Waals surface area contributed by atoms with Crippen molar-refractivity contribution in [2.24, 2.45) is 11.3 Å². The van der Waals surface area contributed by atoms with E-state index in [4.69, 9.17) is 4.74 Å². The van der Waals surface area contributed by atoms with Gasteiger partial charge < -0.3 is 4.74 Å². The van der Waals surface area contributed by atoms with Crippen molar-refractivity contribution in [2.75, 3.05) is 0 Å². The molecule has 0 N–H and O–H groups in total. The molecule has 0 aliphatic carbocycles. The van der Waals surface area contributed by atoms with Crippen molar-refractivity contribution < 1.29 is 4.74 Å². The fourth-order valence-corrected chi connectivity index (χ4v) is 2.20. The number of hydrogen-bond acceptors (Lipinski definition) is 1. The first kappa shape index (κ1) is 17.2. The molecule has 0 heterocycles. The molecule has 0 spiro atoms. The van der Waals surface area contributed by atoms with E-state index in [0.717, 1.165) is 0 Å². The van der Waals surface area contributed by atoms with Gasteiger partial charge in [-0.1, -0.05) is 78.8 Å². The second-order valence-electron chi connectivity index (χ2n) is 5.83. The minimum absolute atomic E-state index is 0.197. The van der Waals surface area contributed by atoms with Crippen molar-refractivity contribution in [3.63, 3.8) is 0 Å². The molecule has 0 bridgehead atoms. The standard InChI is InChI=1S/C15H24O.C2H6/c1-12(2)14(15(3,4)5)16-11-13-9-7-6-8-10-13;1-2/h6-10,12,14H,11H2,1-5H3;1-2H3. The van der Waals surface area contributed by atoms with Crippen molar-refractivity contribution in [2.45, 2.75) is 61.2 Å². The fraction of sp³-hybridized carbons (Fsp3) is 0.647. The van der Waals surface area contributed by atoms with Crippen LogP contribution in [0.2, 0.25) is 0 Å². The lowest BCUT2D eigenvalue weighted by Gasteiger charge is -2.33. The van der Waals surface area contributed by atoms with Crippen LogP contribution in [0.1, 0.15) is 54.0 Å². The van der Waals surface area contributed by atoms with Gasteiger partial charge in [-0.15, -0.1) is 0 Å². The van der Waals surface area contributed by atoms with Gasteiger partial charge in [-0.3, -0.25) is 0 Å². The van der Waals surface area contributed by atoms with Crippen molar-refractivity contribution in [3.05, 3.63) is 35.9 Å². The maximum Gasteiger partial charge on any atom is 0.0721 e. The average molecular weight is 250 g/mol. The highest BCUT2D eigenvalue weighted by molar-refractivity contribution is 5.13. The largest absolute Gasteiger partial charge is 0.373 e. The van der Waals surface area contributed by atoms with Gasteiger partial charge in [0.25, 0.3) is 0 Å². The lowest BCUT2D eigenvalue weighted by Crippen LogP contribution is -2.33. The summed E-state index contributed by atoms with van der Waals surface area (Å²) in [6.45, 7) is 15.9. The first-order chi connectivity index (χ1) is 8.41. The normalized spacial score (nSPS) is 12.9. The van der Waals surface area contributed by atoms with E-state index in [9.17, 15) is 0 Å². The second-order valence-corrected chi connectivity index (χ2v) is 5.83. The summed E-state index contributed by atoms with van der Waals surface area (Å²) in [7, 11) is 0. The molecule has 18 heavy (non-hydrogen) atoms. The molecule has 0 saturated heterocycles. The molecule has 0 radical (unpaired) electrons. The summed E-state index contributed by atoms with van der Waals surface area (Å²) in [5.41, 5.74) is 1.44. The Morgan fingerprint density at radius 1 is 1.00 bits per heavy atom. The Hall–Kier alpha value is -0.820. The maximum absolute atomic E-state index is 6.05. The quantitative estimate of drug-likeness (QED) is 0.704. The first-order valence-electron chi connectivity index (χ1n) is 7.07. The van der Waals surface area contributed by atoms with Crippen LogP contribution in [0.5, 0.6) is 0 Å². The SMILES string of the molecule is CC.CC(C)C(OCc1ccccc1)C(C)(C)C. The smallest absolute Gasteiger partial charge is 0.0721 e. The topological polar surface area (TPSA) is 9.23 Å². The zero-order chi connectivity index (χ0) is 14.2. The lowest BCUT2D eigenvalue weighted by molar-refractivity contribution is -0.0558. The molecular weight excluding hydrogens is 220 g/mol. The monoisotopic (exact) mass is 250 g/mol. The third-order valence-corrected chi connectivity index (χ3v) is 2.73. The minimum atomic E-state index is 0.197. The number of ether oxygens (including phenoxy) is 1. The summed E-state index contributed by atoms with van der Waals surface area (Å²) < 4.78 is 6.05. The van der Waals surface area contributed by atoms with Crippen LogP contribution in [0.25, 0.3) is 0 Å². The van der Waals surface area contributed by atoms with Gasteiger partial charge in [0.2, 0.25) is 0 Å². The maximum atomic E-state index is 6.05. The number of hydrogen-bond donors (Lipinski definition) is 0. The molecule has 0 fully saturated rings. The third kappa shape index (κ3) is 6.20. The zero-order valence-corrected chi connectivity index (χ0v) is 13.2. The highest BCUT2D eigenvalue weighted by Gasteiger charge is 2.28. The predicted molar refractivity (Wildman–Crippen MR) is 80.7 cm³/mol. The Balaban J connectivity index is 0.00000137. The fourth-order valence-electron chi connectivity index (χ4n) is 2.20. The van der Waals surface area contributed by atoms with Gasteiger partial charge in [-0.2, -0.15) is 0 Å². The molecule has 1 heteroatoms. The molecule has 1 unspecified atom stereocenters. The molecule has 1 aromatic carbocycles. The molecule has 1 nitrogen and oxygen atoms in total. The average Bonchev–Trinajstić information content (AvgIpc) is 2.31. The Morgan fingerprint density at radius 2 is 1.50 bits per heavy atom. The van der Waals surface area contributed by atoms with Gasteiger partial charge in [0.1, 0.15) is 0 Å². The molecule has 1 aromatic rings. The van der Waals surface area contributed by atoms with Gasteiger partial charge in [0.15, 0.2) is 0 Å². The summed E-state index contributed by atoms with van der Waals surface area (Å²) in [5.74, 6) is 0.545. The molecule has 104 valence electrons. The summed E-state index contributed by atoms with van der Waals surface area (Å²) in [6.07, 6.45) is 0.299. The van der Waals surface area contributed by atoms with Gasteiger partial charge in [0.05, 0.1) is 12.7 Å². The van der Waals surface area contributed by atoms with Crippen LogP contribution in [0.3, 0.4) is 0 Å². The Kier molecular flexibility index (Phi) is 7.93. The van der Waals surface area contributed by atoms with Crippen molar-refractivity contribution in [1.29, 1.82) is 0 Å². The third-order valence-electron chi connectivity index (χ3n) is 2.73. The molecule has 1 rings (SSSR count). The minimum Gasteiger partial charge on any atom is -0.373 e. The molecule has 0 aliphatic heterocycles. The van der Waals surface area contributed by atoms with Crippen LogP contribution < -0.4 is 0 Å². The van der Waals surface area contributed by atoms with Crippen LogP contribution in [0.4, 0.5) is 0 Å². The summed E-state index contributed by atoms with van der Waals surface area (Å²) in [6, 6.07) is 10.4. The zero-order valence-electron chi connectivity index (χ0n) is 13.2. The van der Waals surface area contributed by atoms with Crippen molar-refractivity contribution in [3.8, 4) is 0 Å².